The highest BCUT2D eigenvalue weighted by Gasteiger charge is 2.39. The molecule has 0 aliphatic carbocycles. The van der Waals surface area contributed by atoms with Crippen molar-refractivity contribution in [3.63, 3.8) is 0 Å². The van der Waals surface area contributed by atoms with Crippen LogP contribution >= 0.6 is 11.8 Å². The van der Waals surface area contributed by atoms with Crippen molar-refractivity contribution in [1.29, 1.82) is 0 Å². The zero-order chi connectivity index (χ0) is 20.1. The Bertz CT molecular complexity index is 862. The van der Waals surface area contributed by atoms with Crippen molar-refractivity contribution >= 4 is 40.9 Å². The van der Waals surface area contributed by atoms with Crippen molar-refractivity contribution in [1.82, 2.24) is 0 Å². The second-order valence-corrected chi connectivity index (χ2v) is 7.05. The van der Waals surface area contributed by atoms with Crippen molar-refractivity contribution in [3.05, 3.63) is 54.6 Å². The van der Waals surface area contributed by atoms with Crippen LogP contribution in [-0.2, 0) is 14.4 Å². The molecule has 1 fully saturated rings. The Labute approximate surface area is 163 Å². The van der Waals surface area contributed by atoms with Crippen LogP contribution < -0.4 is 15.0 Å². The minimum absolute atomic E-state index is 0.0153. The SMILES string of the molecule is O=C(CS[C@H]1CC(=O)N(c2ccccc2)C1=O)Nc1ccc(OC(F)F)cc1. The fourth-order valence-corrected chi connectivity index (χ4v) is 3.61. The molecule has 0 unspecified atom stereocenters. The first-order valence-electron chi connectivity index (χ1n) is 8.32. The molecule has 2 aromatic carbocycles. The van der Waals surface area contributed by atoms with E-state index in [-0.39, 0.29) is 35.6 Å². The lowest BCUT2D eigenvalue weighted by molar-refractivity contribution is -0.121. The summed E-state index contributed by atoms with van der Waals surface area (Å²) in [5, 5.41) is 1.98. The van der Waals surface area contributed by atoms with E-state index in [2.05, 4.69) is 10.1 Å². The molecule has 1 heterocycles. The van der Waals surface area contributed by atoms with Gasteiger partial charge in [0.25, 0.3) is 0 Å². The monoisotopic (exact) mass is 406 g/mol. The maximum Gasteiger partial charge on any atom is 0.387 e. The van der Waals surface area contributed by atoms with Gasteiger partial charge in [-0.1, -0.05) is 18.2 Å². The van der Waals surface area contributed by atoms with Crippen LogP contribution in [0.3, 0.4) is 0 Å². The molecule has 1 aliphatic heterocycles. The first kappa shape index (κ1) is 19.8. The largest absolute Gasteiger partial charge is 0.435 e. The molecule has 0 bridgehead atoms. The second-order valence-electron chi connectivity index (χ2n) is 5.86. The molecule has 1 atom stereocenters. The van der Waals surface area contributed by atoms with Crippen molar-refractivity contribution in [3.8, 4) is 5.75 Å². The third kappa shape index (κ3) is 4.86. The van der Waals surface area contributed by atoms with Gasteiger partial charge in [0.1, 0.15) is 5.75 Å². The Morgan fingerprint density at radius 1 is 1.14 bits per heavy atom. The van der Waals surface area contributed by atoms with E-state index in [4.69, 9.17) is 0 Å². The molecule has 0 aromatic heterocycles. The number of benzene rings is 2. The van der Waals surface area contributed by atoms with E-state index >= 15 is 0 Å². The molecule has 0 radical (unpaired) electrons. The Kier molecular flexibility index (Phi) is 6.25. The first-order chi connectivity index (χ1) is 13.4. The van der Waals surface area contributed by atoms with Gasteiger partial charge >= 0.3 is 6.61 Å². The number of ether oxygens (including phenoxy) is 1. The molecule has 28 heavy (non-hydrogen) atoms. The van der Waals surface area contributed by atoms with Crippen molar-refractivity contribution in [2.45, 2.75) is 18.3 Å². The fourth-order valence-electron chi connectivity index (χ4n) is 2.68. The molecule has 3 rings (SSSR count). The second kappa shape index (κ2) is 8.83. The van der Waals surface area contributed by atoms with Crippen LogP contribution in [0.25, 0.3) is 0 Å². The molecule has 1 saturated heterocycles. The van der Waals surface area contributed by atoms with Gasteiger partial charge in [0.15, 0.2) is 0 Å². The van der Waals surface area contributed by atoms with Gasteiger partial charge in [-0.3, -0.25) is 14.4 Å². The zero-order valence-electron chi connectivity index (χ0n) is 14.5. The van der Waals surface area contributed by atoms with Crippen molar-refractivity contribution in [2.75, 3.05) is 16.0 Å². The maximum atomic E-state index is 12.5. The predicted octanol–water partition coefficient (Wildman–Crippen LogP) is 3.29. The van der Waals surface area contributed by atoms with Gasteiger partial charge in [0, 0.05) is 12.1 Å². The number of carbonyl (C=O) groups is 3. The highest BCUT2D eigenvalue weighted by atomic mass is 32.2. The van der Waals surface area contributed by atoms with Crippen LogP contribution in [0.2, 0.25) is 0 Å². The minimum atomic E-state index is -2.92. The van der Waals surface area contributed by atoms with Crippen LogP contribution in [0.5, 0.6) is 5.75 Å². The summed E-state index contributed by atoms with van der Waals surface area (Å²) in [7, 11) is 0. The standard InChI is InChI=1S/C19H16F2N2O4S/c20-19(21)27-14-8-6-12(7-9-14)22-16(24)11-28-15-10-17(25)23(18(15)26)13-4-2-1-3-5-13/h1-9,15,19H,10-11H2,(H,22,24)/t15-/m0/s1. The van der Waals surface area contributed by atoms with Gasteiger partial charge in [-0.2, -0.15) is 8.78 Å². The van der Waals surface area contributed by atoms with Gasteiger partial charge in [-0.05, 0) is 36.4 Å². The molecule has 146 valence electrons. The number of anilines is 2. The van der Waals surface area contributed by atoms with E-state index in [1.54, 1.807) is 30.3 Å². The number of alkyl halides is 2. The van der Waals surface area contributed by atoms with Gasteiger partial charge in [-0.25, -0.2) is 4.90 Å². The number of nitrogens with zero attached hydrogens (tertiary/aromatic N) is 1. The normalized spacial score (nSPS) is 16.5. The molecule has 9 heteroatoms. The Morgan fingerprint density at radius 3 is 2.46 bits per heavy atom. The molecule has 6 nitrogen and oxygen atoms in total. The average Bonchev–Trinajstić information content (AvgIpc) is 2.95. The molecule has 3 amide bonds. The molecule has 1 N–H and O–H groups in total. The van der Waals surface area contributed by atoms with Gasteiger partial charge in [0.05, 0.1) is 16.7 Å². The van der Waals surface area contributed by atoms with Crippen LogP contribution in [0, 0.1) is 0 Å². The summed E-state index contributed by atoms with van der Waals surface area (Å²) in [6.07, 6.45) is 0.0331. The van der Waals surface area contributed by atoms with Gasteiger partial charge in [0.2, 0.25) is 17.7 Å². The van der Waals surface area contributed by atoms with E-state index in [0.717, 1.165) is 16.7 Å². The zero-order valence-corrected chi connectivity index (χ0v) is 15.3. The quantitative estimate of drug-likeness (QED) is 0.714. The molecule has 2 aromatic rings. The maximum absolute atomic E-state index is 12.5. The number of amides is 3. The average molecular weight is 406 g/mol. The Balaban J connectivity index is 1.52. The summed E-state index contributed by atoms with van der Waals surface area (Å²) in [6, 6.07) is 14.1. The van der Waals surface area contributed by atoms with E-state index in [9.17, 15) is 23.2 Å². The number of thioether (sulfide) groups is 1. The van der Waals surface area contributed by atoms with Crippen molar-refractivity contribution in [2.24, 2.45) is 0 Å². The smallest absolute Gasteiger partial charge is 0.387 e. The number of carbonyl (C=O) groups excluding carboxylic acids is 3. The molecule has 1 aliphatic rings. The van der Waals surface area contributed by atoms with Crippen LogP contribution in [0.4, 0.5) is 20.2 Å². The molecular weight excluding hydrogens is 390 g/mol. The predicted molar refractivity (Wildman–Crippen MR) is 102 cm³/mol. The summed E-state index contributed by atoms with van der Waals surface area (Å²) in [6.45, 7) is -2.92. The fraction of sp³-hybridized carbons (Fsp3) is 0.211. The number of para-hydroxylation sites is 1. The van der Waals surface area contributed by atoms with Crippen LogP contribution in [-0.4, -0.2) is 35.3 Å². The number of nitrogens with one attached hydrogen (secondary N) is 1. The number of imide groups is 1. The van der Waals surface area contributed by atoms with Crippen LogP contribution in [0.15, 0.2) is 54.6 Å². The minimum Gasteiger partial charge on any atom is -0.435 e. The topological polar surface area (TPSA) is 75.7 Å². The number of hydrogen-bond acceptors (Lipinski definition) is 5. The summed E-state index contributed by atoms with van der Waals surface area (Å²) in [4.78, 5) is 37.9. The highest BCUT2D eigenvalue weighted by Crippen LogP contribution is 2.29. The van der Waals surface area contributed by atoms with Crippen molar-refractivity contribution < 1.29 is 27.9 Å². The Hall–Kier alpha value is -2.94. The molecular formula is C19H16F2N2O4S. The highest BCUT2D eigenvalue weighted by molar-refractivity contribution is 8.01. The lowest BCUT2D eigenvalue weighted by Gasteiger charge is -2.14. The third-order valence-electron chi connectivity index (χ3n) is 3.90. The van der Waals surface area contributed by atoms with Gasteiger partial charge in [-0.15, -0.1) is 11.8 Å². The summed E-state index contributed by atoms with van der Waals surface area (Å²) < 4.78 is 28.5. The van der Waals surface area contributed by atoms with Crippen LogP contribution in [0.1, 0.15) is 6.42 Å². The number of hydrogen-bond donors (Lipinski definition) is 1. The first-order valence-corrected chi connectivity index (χ1v) is 9.37. The summed E-state index contributed by atoms with van der Waals surface area (Å²) >= 11 is 1.09. The molecule has 0 saturated carbocycles. The van der Waals surface area contributed by atoms with Gasteiger partial charge < -0.3 is 10.1 Å². The lowest BCUT2D eigenvalue weighted by atomic mass is 10.3. The number of rotatable bonds is 7. The van der Waals surface area contributed by atoms with E-state index < -0.39 is 11.9 Å². The molecule has 0 spiro atoms. The van der Waals surface area contributed by atoms with E-state index in [1.807, 2.05) is 0 Å². The summed E-state index contributed by atoms with van der Waals surface area (Å²) in [5.74, 6) is -1.06. The number of halogens is 2. The summed E-state index contributed by atoms with van der Waals surface area (Å²) in [5.41, 5.74) is 0.920. The van der Waals surface area contributed by atoms with E-state index in [1.165, 1.54) is 24.3 Å². The Morgan fingerprint density at radius 2 is 1.82 bits per heavy atom. The van der Waals surface area contributed by atoms with E-state index in [0.29, 0.717) is 11.4 Å². The third-order valence-corrected chi connectivity index (χ3v) is 5.10. The lowest BCUT2D eigenvalue weighted by Crippen LogP contribution is -2.31.